The fraction of sp³-hybridized carbons (Fsp3) is 0.889. The predicted molar refractivity (Wildman–Crippen MR) is 41.1 cm³/mol. The van der Waals surface area contributed by atoms with Crippen molar-refractivity contribution in [2.24, 2.45) is 41.4 Å². The summed E-state index contributed by atoms with van der Waals surface area (Å²) in [7, 11) is 0. The van der Waals surface area contributed by atoms with Crippen LogP contribution in [0.1, 0.15) is 0 Å². The van der Waals surface area contributed by atoms with Crippen molar-refractivity contribution in [1.29, 1.82) is 0 Å². The first-order valence-electron chi connectivity index (χ1n) is 4.51. The number of halogens is 1. The largest absolute Gasteiger partial charge is 0.298 e. The van der Waals surface area contributed by atoms with E-state index in [-0.39, 0.29) is 4.32 Å². The third-order valence-corrected chi connectivity index (χ3v) is 6.92. The van der Waals surface area contributed by atoms with Crippen LogP contribution in [0.3, 0.4) is 0 Å². The lowest BCUT2D eigenvalue weighted by Crippen LogP contribution is -2.85. The van der Waals surface area contributed by atoms with Crippen LogP contribution in [0.5, 0.6) is 0 Å². The molecule has 4 atom stereocenters. The van der Waals surface area contributed by atoms with Gasteiger partial charge in [0.05, 0.1) is 4.32 Å². The van der Waals surface area contributed by atoms with Gasteiger partial charge in [-0.1, -0.05) is 15.9 Å². The number of hydrogen-bond acceptors (Lipinski definition) is 1. The summed E-state index contributed by atoms with van der Waals surface area (Å²) < 4.78 is 0.0480. The van der Waals surface area contributed by atoms with E-state index in [4.69, 9.17) is 0 Å². The number of carbonyl (C=O) groups excluding carboxylic acids is 1. The maximum atomic E-state index is 11.7. The molecule has 0 radical (unpaired) electrons. The van der Waals surface area contributed by atoms with Crippen molar-refractivity contribution in [2.45, 2.75) is 4.32 Å². The summed E-state index contributed by atoms with van der Waals surface area (Å²) in [4.78, 5) is 11.7. The van der Waals surface area contributed by atoms with Gasteiger partial charge in [0.1, 0.15) is 0 Å². The molecule has 2 bridgehead atoms. The summed E-state index contributed by atoms with van der Waals surface area (Å²) in [5.41, 5.74) is 0. The molecule has 6 rings (SSSR count). The molecular formula is C9H7BrO. The first-order valence-corrected chi connectivity index (χ1v) is 5.30. The molecule has 0 aromatic rings. The van der Waals surface area contributed by atoms with Crippen LogP contribution < -0.4 is 0 Å². The molecule has 1 nitrogen and oxygen atoms in total. The standard InChI is InChI=1S/C9H7BrO/c10-9-6-2-1-3(4(2)8(9)11)7(9)5(1)6/h1-7H/t1?,2-,3-,4?,5?,6-,7-,9?/m0/s1. The average Bonchev–Trinajstić information content (AvgIpc) is 2.14. The lowest BCUT2D eigenvalue weighted by atomic mass is 9.20. The van der Waals surface area contributed by atoms with Crippen LogP contribution in [0.4, 0.5) is 0 Å². The van der Waals surface area contributed by atoms with E-state index in [2.05, 4.69) is 15.9 Å². The fourth-order valence-electron chi connectivity index (χ4n) is 5.37. The monoisotopic (exact) mass is 210 g/mol. The van der Waals surface area contributed by atoms with Crippen LogP contribution in [0.2, 0.25) is 0 Å². The van der Waals surface area contributed by atoms with Crippen LogP contribution in [0.25, 0.3) is 0 Å². The molecule has 6 aliphatic carbocycles. The van der Waals surface area contributed by atoms with Gasteiger partial charge in [0.15, 0.2) is 5.78 Å². The van der Waals surface area contributed by atoms with E-state index in [9.17, 15) is 4.79 Å². The Kier molecular flexibility index (Phi) is 0.425. The van der Waals surface area contributed by atoms with Gasteiger partial charge in [0.25, 0.3) is 0 Å². The summed E-state index contributed by atoms with van der Waals surface area (Å²) >= 11 is 3.71. The molecule has 0 aromatic carbocycles. The Labute approximate surface area is 72.7 Å². The van der Waals surface area contributed by atoms with Gasteiger partial charge in [-0.3, -0.25) is 4.79 Å². The second-order valence-corrected chi connectivity index (χ2v) is 6.33. The molecule has 56 valence electrons. The summed E-state index contributed by atoms with van der Waals surface area (Å²) in [5, 5.41) is 0. The van der Waals surface area contributed by atoms with E-state index in [1.165, 1.54) is 0 Å². The summed E-state index contributed by atoms with van der Waals surface area (Å²) in [6, 6.07) is 0. The number of Topliss-reactive ketones (excluding diaryl/α,β-unsaturated/α-hetero) is 1. The van der Waals surface area contributed by atoms with E-state index >= 15 is 0 Å². The van der Waals surface area contributed by atoms with Gasteiger partial charge >= 0.3 is 0 Å². The fourth-order valence-corrected chi connectivity index (χ4v) is 6.85. The minimum Gasteiger partial charge on any atom is -0.298 e. The molecule has 6 fully saturated rings. The van der Waals surface area contributed by atoms with Crippen LogP contribution in [0, 0.1) is 41.4 Å². The van der Waals surface area contributed by atoms with Crippen LogP contribution in [-0.4, -0.2) is 10.1 Å². The molecule has 0 amide bonds. The number of carbonyl (C=O) groups is 1. The number of alkyl halides is 1. The van der Waals surface area contributed by atoms with E-state index in [1.807, 2.05) is 0 Å². The second-order valence-electron chi connectivity index (χ2n) is 5.02. The highest BCUT2D eigenvalue weighted by Gasteiger charge is 2.99. The molecule has 0 heterocycles. The quantitative estimate of drug-likeness (QED) is 0.548. The zero-order valence-electron chi connectivity index (χ0n) is 5.83. The van der Waals surface area contributed by atoms with Gasteiger partial charge in [-0.15, -0.1) is 0 Å². The van der Waals surface area contributed by atoms with Crippen molar-refractivity contribution >= 4 is 21.7 Å². The highest BCUT2D eigenvalue weighted by molar-refractivity contribution is 9.10. The zero-order valence-corrected chi connectivity index (χ0v) is 7.41. The Balaban J connectivity index is 1.94. The van der Waals surface area contributed by atoms with Crippen LogP contribution >= 0.6 is 15.9 Å². The lowest BCUT2D eigenvalue weighted by molar-refractivity contribution is -0.367. The number of hydrogen-bond donors (Lipinski definition) is 0. The molecule has 0 aliphatic heterocycles. The van der Waals surface area contributed by atoms with E-state index in [0.29, 0.717) is 11.7 Å². The first-order chi connectivity index (χ1) is 5.28. The Bertz CT molecular complexity index is 316. The molecule has 0 N–H and O–H groups in total. The summed E-state index contributed by atoms with van der Waals surface area (Å²) in [6.07, 6.45) is 0. The topological polar surface area (TPSA) is 17.1 Å². The normalized spacial score (nSPS) is 89.9. The molecule has 0 saturated heterocycles. The van der Waals surface area contributed by atoms with Crippen molar-refractivity contribution < 1.29 is 4.79 Å². The maximum absolute atomic E-state index is 11.7. The molecule has 6 saturated carbocycles. The van der Waals surface area contributed by atoms with Crippen LogP contribution in [0.15, 0.2) is 0 Å². The Hall–Kier alpha value is 0.150. The molecule has 11 heavy (non-hydrogen) atoms. The molecule has 0 unspecified atom stereocenters. The molecular weight excluding hydrogens is 204 g/mol. The predicted octanol–water partition coefficient (Wildman–Crippen LogP) is 1.07. The van der Waals surface area contributed by atoms with Gasteiger partial charge in [0.2, 0.25) is 0 Å². The summed E-state index contributed by atoms with van der Waals surface area (Å²) in [6.45, 7) is 0. The Morgan fingerprint density at radius 2 is 1.73 bits per heavy atom. The van der Waals surface area contributed by atoms with Gasteiger partial charge in [0, 0.05) is 5.92 Å². The SMILES string of the molecule is O=C1C2[C@@H]3C4C5[C@H]3C1(Br)[C@H]5[C@H]24. The van der Waals surface area contributed by atoms with Crippen molar-refractivity contribution in [2.75, 3.05) is 0 Å². The third-order valence-electron chi connectivity index (χ3n) is 5.47. The van der Waals surface area contributed by atoms with Crippen molar-refractivity contribution in [3.05, 3.63) is 0 Å². The van der Waals surface area contributed by atoms with Gasteiger partial charge in [-0.05, 0) is 35.5 Å². The van der Waals surface area contributed by atoms with E-state index in [0.717, 1.165) is 35.5 Å². The second kappa shape index (κ2) is 0.935. The lowest BCUT2D eigenvalue weighted by Gasteiger charge is -2.85. The van der Waals surface area contributed by atoms with Gasteiger partial charge in [-0.2, -0.15) is 0 Å². The smallest absolute Gasteiger partial charge is 0.153 e. The van der Waals surface area contributed by atoms with Crippen molar-refractivity contribution in [3.8, 4) is 0 Å². The van der Waals surface area contributed by atoms with Gasteiger partial charge in [-0.25, -0.2) is 0 Å². The zero-order chi connectivity index (χ0) is 7.12. The first kappa shape index (κ1) is 5.00. The summed E-state index contributed by atoms with van der Waals surface area (Å²) in [5.74, 6) is 6.51. The molecule has 2 heteroatoms. The van der Waals surface area contributed by atoms with Gasteiger partial charge < -0.3 is 0 Å². The van der Waals surface area contributed by atoms with Crippen molar-refractivity contribution in [3.63, 3.8) is 0 Å². The maximum Gasteiger partial charge on any atom is 0.153 e. The van der Waals surface area contributed by atoms with Crippen LogP contribution in [-0.2, 0) is 4.79 Å². The Morgan fingerprint density at radius 3 is 2.09 bits per heavy atom. The number of rotatable bonds is 0. The third kappa shape index (κ3) is 0.199. The number of ketones is 1. The Morgan fingerprint density at radius 1 is 1.09 bits per heavy atom. The highest BCUT2D eigenvalue weighted by Crippen LogP contribution is 2.96. The van der Waals surface area contributed by atoms with E-state index < -0.39 is 0 Å². The molecule has 6 aliphatic rings. The average molecular weight is 211 g/mol. The highest BCUT2D eigenvalue weighted by atomic mass is 79.9. The molecule has 0 aromatic heterocycles. The minimum absolute atomic E-state index is 0.0480. The van der Waals surface area contributed by atoms with E-state index in [1.54, 1.807) is 0 Å². The molecule has 0 spiro atoms. The van der Waals surface area contributed by atoms with Crippen molar-refractivity contribution in [1.82, 2.24) is 0 Å². The minimum atomic E-state index is 0.0480.